The molecule has 0 unspecified atom stereocenters. The number of nitrogens with zero attached hydrogens (tertiary/aromatic N) is 1. The Bertz CT molecular complexity index is 540. The summed E-state index contributed by atoms with van der Waals surface area (Å²) >= 11 is 0. The van der Waals surface area contributed by atoms with Crippen molar-refractivity contribution in [2.75, 3.05) is 0 Å². The Kier molecular flexibility index (Phi) is 2.74. The lowest BCUT2D eigenvalue weighted by atomic mass is 9.86. The molecule has 1 aromatic heterocycles. The van der Waals surface area contributed by atoms with E-state index in [0.29, 0.717) is 0 Å². The van der Waals surface area contributed by atoms with Crippen LogP contribution in [0.5, 0.6) is 0 Å². The number of rotatable bonds is 1. The van der Waals surface area contributed by atoms with Crippen molar-refractivity contribution in [1.82, 2.24) is 4.98 Å². The largest absolute Gasteiger partial charge is 0.265 e. The van der Waals surface area contributed by atoms with Gasteiger partial charge in [-0.2, -0.15) is 0 Å². The highest BCUT2D eigenvalue weighted by molar-refractivity contribution is 5.83. The van der Waals surface area contributed by atoms with E-state index in [4.69, 9.17) is 0 Å². The minimum atomic E-state index is 1.18. The van der Waals surface area contributed by atoms with Crippen molar-refractivity contribution in [3.8, 4) is 0 Å². The molecule has 0 saturated carbocycles. The molecule has 0 amide bonds. The Labute approximate surface area is 102 Å². The summed E-state index contributed by atoms with van der Waals surface area (Å²) in [6, 6.07) is 12.9. The molecule has 1 aromatic carbocycles. The van der Waals surface area contributed by atoms with Gasteiger partial charge in [0, 0.05) is 12.4 Å². The fourth-order valence-corrected chi connectivity index (χ4v) is 2.47. The SMILES string of the molecule is C(=C1CCCc2ccccc21)c1ccncc1. The second kappa shape index (κ2) is 4.54. The van der Waals surface area contributed by atoms with Gasteiger partial charge in [0.25, 0.3) is 0 Å². The first-order valence-corrected chi connectivity index (χ1v) is 6.12. The molecule has 3 rings (SSSR count). The number of allylic oxidation sites excluding steroid dienone is 1. The van der Waals surface area contributed by atoms with Crippen LogP contribution in [-0.4, -0.2) is 4.98 Å². The number of fused-ring (bicyclic) bond motifs is 1. The van der Waals surface area contributed by atoms with Crippen LogP contribution in [0, 0.1) is 0 Å². The van der Waals surface area contributed by atoms with Crippen molar-refractivity contribution >= 4 is 11.6 Å². The van der Waals surface area contributed by atoms with E-state index in [9.17, 15) is 0 Å². The van der Waals surface area contributed by atoms with Crippen LogP contribution >= 0.6 is 0 Å². The molecule has 1 aliphatic rings. The molecule has 0 atom stereocenters. The zero-order chi connectivity index (χ0) is 11.5. The maximum Gasteiger partial charge on any atom is 0.0273 e. The number of pyridine rings is 1. The summed E-state index contributed by atoms with van der Waals surface area (Å²) in [5, 5.41) is 0. The van der Waals surface area contributed by atoms with Gasteiger partial charge < -0.3 is 0 Å². The van der Waals surface area contributed by atoms with E-state index in [1.165, 1.54) is 41.5 Å². The predicted molar refractivity (Wildman–Crippen MR) is 71.5 cm³/mol. The first kappa shape index (κ1) is 10.3. The fraction of sp³-hybridized carbons (Fsp3) is 0.188. The van der Waals surface area contributed by atoms with Gasteiger partial charge in [-0.25, -0.2) is 0 Å². The topological polar surface area (TPSA) is 12.9 Å². The molecule has 0 bridgehead atoms. The summed E-state index contributed by atoms with van der Waals surface area (Å²) < 4.78 is 0. The van der Waals surface area contributed by atoms with Gasteiger partial charge in [-0.3, -0.25) is 4.98 Å². The first-order valence-electron chi connectivity index (χ1n) is 6.12. The number of aryl methyl sites for hydroxylation is 1. The van der Waals surface area contributed by atoms with Gasteiger partial charge in [0.2, 0.25) is 0 Å². The summed E-state index contributed by atoms with van der Waals surface area (Å²) in [6.45, 7) is 0. The van der Waals surface area contributed by atoms with Gasteiger partial charge in [0.05, 0.1) is 0 Å². The van der Waals surface area contributed by atoms with Crippen LogP contribution in [0.2, 0.25) is 0 Å². The molecule has 0 aliphatic heterocycles. The highest BCUT2D eigenvalue weighted by atomic mass is 14.6. The summed E-state index contributed by atoms with van der Waals surface area (Å²) in [6.07, 6.45) is 9.64. The highest BCUT2D eigenvalue weighted by Crippen LogP contribution is 2.31. The summed E-state index contributed by atoms with van der Waals surface area (Å²) in [5.41, 5.74) is 5.61. The van der Waals surface area contributed by atoms with E-state index in [-0.39, 0.29) is 0 Å². The zero-order valence-corrected chi connectivity index (χ0v) is 9.76. The average molecular weight is 221 g/mol. The van der Waals surface area contributed by atoms with Crippen LogP contribution < -0.4 is 0 Å². The second-order valence-corrected chi connectivity index (χ2v) is 4.46. The van der Waals surface area contributed by atoms with Crippen LogP contribution in [0.3, 0.4) is 0 Å². The van der Waals surface area contributed by atoms with Crippen LogP contribution in [-0.2, 0) is 6.42 Å². The number of hydrogen-bond donors (Lipinski definition) is 0. The number of aromatic nitrogens is 1. The second-order valence-electron chi connectivity index (χ2n) is 4.46. The zero-order valence-electron chi connectivity index (χ0n) is 9.76. The monoisotopic (exact) mass is 221 g/mol. The van der Waals surface area contributed by atoms with Crippen molar-refractivity contribution in [1.29, 1.82) is 0 Å². The van der Waals surface area contributed by atoms with Crippen LogP contribution in [0.4, 0.5) is 0 Å². The van der Waals surface area contributed by atoms with E-state index in [1.54, 1.807) is 0 Å². The molecule has 0 saturated heterocycles. The van der Waals surface area contributed by atoms with Gasteiger partial charge in [-0.1, -0.05) is 30.3 Å². The predicted octanol–water partition coefficient (Wildman–Crippen LogP) is 3.96. The van der Waals surface area contributed by atoms with E-state index in [2.05, 4.69) is 47.5 Å². The van der Waals surface area contributed by atoms with Crippen molar-refractivity contribution in [2.24, 2.45) is 0 Å². The molecule has 17 heavy (non-hydrogen) atoms. The lowest BCUT2D eigenvalue weighted by Crippen LogP contribution is -2.00. The van der Waals surface area contributed by atoms with E-state index >= 15 is 0 Å². The van der Waals surface area contributed by atoms with Crippen molar-refractivity contribution in [2.45, 2.75) is 19.3 Å². The van der Waals surface area contributed by atoms with E-state index in [1.807, 2.05) is 12.4 Å². The standard InChI is InChI=1S/C16H15N/c1-2-7-16-14(4-1)5-3-6-15(16)12-13-8-10-17-11-9-13/h1-2,4,7-12H,3,5-6H2. The fourth-order valence-electron chi connectivity index (χ4n) is 2.47. The molecule has 1 nitrogen and oxygen atoms in total. The third-order valence-corrected chi connectivity index (χ3v) is 3.30. The van der Waals surface area contributed by atoms with Crippen molar-refractivity contribution in [3.63, 3.8) is 0 Å². The van der Waals surface area contributed by atoms with Crippen LogP contribution in [0.1, 0.15) is 29.5 Å². The normalized spacial score (nSPS) is 16.8. The Morgan fingerprint density at radius 1 is 0.941 bits per heavy atom. The molecule has 1 aliphatic carbocycles. The van der Waals surface area contributed by atoms with E-state index < -0.39 is 0 Å². The van der Waals surface area contributed by atoms with E-state index in [0.717, 1.165) is 0 Å². The maximum atomic E-state index is 4.05. The summed E-state index contributed by atoms with van der Waals surface area (Å²) in [4.78, 5) is 4.05. The molecule has 2 aromatic rings. The summed E-state index contributed by atoms with van der Waals surface area (Å²) in [5.74, 6) is 0. The molecule has 1 heteroatoms. The maximum absolute atomic E-state index is 4.05. The number of hydrogen-bond acceptors (Lipinski definition) is 1. The quantitative estimate of drug-likeness (QED) is 0.710. The molecule has 0 fully saturated rings. The molecule has 1 heterocycles. The molecule has 0 radical (unpaired) electrons. The Morgan fingerprint density at radius 3 is 2.65 bits per heavy atom. The van der Waals surface area contributed by atoms with Gasteiger partial charge >= 0.3 is 0 Å². The minimum absolute atomic E-state index is 1.18. The molecular formula is C16H15N. The van der Waals surface area contributed by atoms with Crippen molar-refractivity contribution in [3.05, 3.63) is 65.5 Å². The Morgan fingerprint density at radius 2 is 1.76 bits per heavy atom. The lowest BCUT2D eigenvalue weighted by Gasteiger charge is -2.18. The van der Waals surface area contributed by atoms with Gasteiger partial charge in [-0.15, -0.1) is 0 Å². The average Bonchev–Trinajstić information content (AvgIpc) is 2.40. The Hall–Kier alpha value is -1.89. The van der Waals surface area contributed by atoms with Crippen molar-refractivity contribution < 1.29 is 0 Å². The van der Waals surface area contributed by atoms with Crippen LogP contribution in [0.25, 0.3) is 11.6 Å². The molecule has 0 N–H and O–H groups in total. The van der Waals surface area contributed by atoms with Crippen LogP contribution in [0.15, 0.2) is 48.8 Å². The Balaban J connectivity index is 2.03. The first-order chi connectivity index (χ1) is 8.43. The third-order valence-electron chi connectivity index (χ3n) is 3.30. The lowest BCUT2D eigenvalue weighted by molar-refractivity contribution is 0.824. The molecule has 84 valence electrons. The van der Waals surface area contributed by atoms with Gasteiger partial charge in [0.1, 0.15) is 0 Å². The summed E-state index contributed by atoms with van der Waals surface area (Å²) in [7, 11) is 0. The van der Waals surface area contributed by atoms with Gasteiger partial charge in [-0.05, 0) is 53.7 Å². The van der Waals surface area contributed by atoms with Gasteiger partial charge in [0.15, 0.2) is 0 Å². The third kappa shape index (κ3) is 2.14. The molecule has 0 spiro atoms. The minimum Gasteiger partial charge on any atom is -0.265 e. The number of benzene rings is 1. The molecular weight excluding hydrogens is 206 g/mol. The smallest absolute Gasteiger partial charge is 0.0273 e. The highest BCUT2D eigenvalue weighted by Gasteiger charge is 2.12.